The van der Waals surface area contributed by atoms with Crippen LogP contribution in [-0.4, -0.2) is 22.4 Å². The average Bonchev–Trinajstić information content (AvgIpc) is 2.27. The van der Waals surface area contributed by atoms with E-state index < -0.39 is 24.6 Å². The summed E-state index contributed by atoms with van der Waals surface area (Å²) in [6.07, 6.45) is 5.20. The van der Waals surface area contributed by atoms with Crippen LogP contribution in [0, 0.1) is 12.3 Å². The molecule has 8 heteroatoms. The van der Waals surface area contributed by atoms with E-state index in [0.717, 1.165) is 24.3 Å². The molecular formula is C11H12ClNO4S2. The van der Waals surface area contributed by atoms with E-state index in [1.165, 1.54) is 13.8 Å². The first-order valence-corrected chi connectivity index (χ1v) is 8.84. The van der Waals surface area contributed by atoms with Crippen molar-refractivity contribution in [3.05, 3.63) is 24.3 Å². The van der Waals surface area contributed by atoms with Gasteiger partial charge < -0.3 is 0 Å². The molecular weight excluding hydrogens is 310 g/mol. The molecule has 5 nitrogen and oxygen atoms in total. The summed E-state index contributed by atoms with van der Waals surface area (Å²) in [5.74, 6) is 2.30. The fourth-order valence-corrected chi connectivity index (χ4v) is 3.32. The third-order valence-corrected chi connectivity index (χ3v) is 5.21. The van der Waals surface area contributed by atoms with Gasteiger partial charge in [0.2, 0.25) is 10.0 Å². The number of nitrogens with one attached hydrogen (secondary N) is 1. The fraction of sp³-hybridized carbons (Fsp3) is 0.273. The predicted octanol–water partition coefficient (Wildman–Crippen LogP) is 1.30. The molecule has 0 aromatic heterocycles. The highest BCUT2D eigenvalue weighted by Gasteiger charge is 2.24. The van der Waals surface area contributed by atoms with E-state index in [2.05, 4.69) is 10.6 Å². The highest BCUT2D eigenvalue weighted by atomic mass is 35.7. The molecule has 0 radical (unpaired) electrons. The van der Waals surface area contributed by atoms with Crippen LogP contribution in [-0.2, 0) is 19.1 Å². The number of rotatable bonds is 4. The molecule has 104 valence electrons. The van der Waals surface area contributed by atoms with Crippen LogP contribution in [0.25, 0.3) is 0 Å². The zero-order valence-corrected chi connectivity index (χ0v) is 12.6. The SMILES string of the molecule is C#CC(C)(C)NS(=O)(=O)c1ccc(S(=O)(=O)Cl)cc1. The summed E-state index contributed by atoms with van der Waals surface area (Å²) in [4.78, 5) is -0.274. The molecule has 0 heterocycles. The molecule has 1 aromatic carbocycles. The minimum Gasteiger partial charge on any atom is -0.207 e. The number of benzene rings is 1. The lowest BCUT2D eigenvalue weighted by Gasteiger charge is -2.19. The Bertz CT molecular complexity index is 713. The van der Waals surface area contributed by atoms with E-state index in [0.29, 0.717) is 0 Å². The molecule has 0 atom stereocenters. The van der Waals surface area contributed by atoms with E-state index in [9.17, 15) is 16.8 Å². The minimum atomic E-state index is -3.88. The van der Waals surface area contributed by atoms with Gasteiger partial charge in [-0.05, 0) is 38.1 Å². The molecule has 0 amide bonds. The van der Waals surface area contributed by atoms with Crippen molar-refractivity contribution in [2.45, 2.75) is 29.2 Å². The average molecular weight is 322 g/mol. The lowest BCUT2D eigenvalue weighted by Crippen LogP contribution is -2.41. The van der Waals surface area contributed by atoms with Crippen LogP contribution >= 0.6 is 10.7 Å². The monoisotopic (exact) mass is 321 g/mol. The summed E-state index contributed by atoms with van der Waals surface area (Å²) >= 11 is 0. The van der Waals surface area contributed by atoms with Gasteiger partial charge in [0, 0.05) is 10.7 Å². The molecule has 1 N–H and O–H groups in total. The van der Waals surface area contributed by atoms with Crippen LogP contribution in [0.1, 0.15) is 13.8 Å². The Hall–Kier alpha value is -1.07. The van der Waals surface area contributed by atoms with Gasteiger partial charge in [-0.15, -0.1) is 6.42 Å². The molecule has 19 heavy (non-hydrogen) atoms. The zero-order valence-electron chi connectivity index (χ0n) is 10.2. The topological polar surface area (TPSA) is 80.3 Å². The summed E-state index contributed by atoms with van der Waals surface area (Å²) in [7, 11) is -2.57. The lowest BCUT2D eigenvalue weighted by molar-refractivity contribution is 0.539. The molecule has 0 spiro atoms. The van der Waals surface area contributed by atoms with Crippen molar-refractivity contribution in [1.29, 1.82) is 0 Å². The highest BCUT2D eigenvalue weighted by Crippen LogP contribution is 2.18. The van der Waals surface area contributed by atoms with Crippen molar-refractivity contribution < 1.29 is 16.8 Å². The summed E-state index contributed by atoms with van der Waals surface area (Å²) in [5, 5.41) is 0. The molecule has 0 saturated carbocycles. The summed E-state index contributed by atoms with van der Waals surface area (Å²) in [6, 6.07) is 4.51. The number of hydrogen-bond donors (Lipinski definition) is 1. The van der Waals surface area contributed by atoms with E-state index in [1.54, 1.807) is 0 Å². The normalized spacial score (nSPS) is 12.9. The van der Waals surface area contributed by atoms with Gasteiger partial charge in [0.1, 0.15) is 0 Å². The van der Waals surface area contributed by atoms with Gasteiger partial charge in [0.05, 0.1) is 15.3 Å². The Labute approximate surface area is 117 Å². The molecule has 0 saturated heterocycles. The first-order valence-electron chi connectivity index (χ1n) is 5.04. The number of terminal acetylenes is 1. The Balaban J connectivity index is 3.16. The Morgan fingerprint density at radius 2 is 1.53 bits per heavy atom. The number of halogens is 1. The van der Waals surface area contributed by atoms with Gasteiger partial charge in [-0.3, -0.25) is 0 Å². The molecule has 0 aliphatic rings. The molecule has 0 bridgehead atoms. The maximum absolute atomic E-state index is 12.0. The number of sulfonamides is 1. The van der Waals surface area contributed by atoms with Crippen LogP contribution in [0.4, 0.5) is 0 Å². The molecule has 0 aliphatic heterocycles. The highest BCUT2D eigenvalue weighted by molar-refractivity contribution is 8.13. The predicted molar refractivity (Wildman–Crippen MR) is 72.7 cm³/mol. The van der Waals surface area contributed by atoms with E-state index in [1.807, 2.05) is 0 Å². The standard InChI is InChI=1S/C11H12ClNO4S2/c1-4-11(2,3)13-19(16,17)10-7-5-9(6-8-10)18(12,14)15/h1,5-8,13H,2-3H3. The van der Waals surface area contributed by atoms with E-state index >= 15 is 0 Å². The zero-order chi connectivity index (χ0) is 14.9. The van der Waals surface area contributed by atoms with Gasteiger partial charge in [-0.1, -0.05) is 5.92 Å². The molecule has 0 unspecified atom stereocenters. The second-order valence-electron chi connectivity index (χ2n) is 4.28. The summed E-state index contributed by atoms with van der Waals surface area (Å²) in [5.41, 5.74) is -1.05. The van der Waals surface area contributed by atoms with Gasteiger partial charge in [0.25, 0.3) is 9.05 Å². The van der Waals surface area contributed by atoms with Crippen molar-refractivity contribution >= 4 is 29.8 Å². The molecule has 1 aromatic rings. The van der Waals surface area contributed by atoms with Crippen LogP contribution in [0.3, 0.4) is 0 Å². The quantitative estimate of drug-likeness (QED) is 0.669. The van der Waals surface area contributed by atoms with Crippen LogP contribution in [0.5, 0.6) is 0 Å². The maximum atomic E-state index is 12.0. The van der Waals surface area contributed by atoms with E-state index in [4.69, 9.17) is 17.1 Å². The maximum Gasteiger partial charge on any atom is 0.261 e. The molecule has 1 rings (SSSR count). The lowest BCUT2D eigenvalue weighted by atomic mass is 10.1. The first-order chi connectivity index (χ1) is 8.48. The Morgan fingerprint density at radius 1 is 1.11 bits per heavy atom. The largest absolute Gasteiger partial charge is 0.261 e. The Morgan fingerprint density at radius 3 is 1.89 bits per heavy atom. The first kappa shape index (κ1) is 16.0. The minimum absolute atomic E-state index is 0.0973. The van der Waals surface area contributed by atoms with Crippen molar-refractivity contribution in [1.82, 2.24) is 4.72 Å². The van der Waals surface area contributed by atoms with Gasteiger partial charge in [0.15, 0.2) is 0 Å². The third kappa shape index (κ3) is 4.21. The third-order valence-electron chi connectivity index (χ3n) is 2.17. The smallest absolute Gasteiger partial charge is 0.207 e. The fourth-order valence-electron chi connectivity index (χ4n) is 1.21. The van der Waals surface area contributed by atoms with Crippen molar-refractivity contribution in [2.24, 2.45) is 0 Å². The molecule has 0 aliphatic carbocycles. The second kappa shape index (κ2) is 5.13. The Kier molecular flexibility index (Phi) is 4.32. The van der Waals surface area contributed by atoms with Crippen LogP contribution in [0.2, 0.25) is 0 Å². The van der Waals surface area contributed by atoms with Crippen molar-refractivity contribution in [3.8, 4) is 12.3 Å². The van der Waals surface area contributed by atoms with Gasteiger partial charge >= 0.3 is 0 Å². The molecule has 0 fully saturated rings. The second-order valence-corrected chi connectivity index (χ2v) is 8.53. The van der Waals surface area contributed by atoms with Crippen LogP contribution < -0.4 is 4.72 Å². The van der Waals surface area contributed by atoms with Crippen molar-refractivity contribution in [2.75, 3.05) is 0 Å². The van der Waals surface area contributed by atoms with Crippen molar-refractivity contribution in [3.63, 3.8) is 0 Å². The van der Waals surface area contributed by atoms with Crippen LogP contribution in [0.15, 0.2) is 34.1 Å². The summed E-state index contributed by atoms with van der Waals surface area (Å²) in [6.45, 7) is 3.06. The summed E-state index contributed by atoms with van der Waals surface area (Å²) < 4.78 is 48.4. The van der Waals surface area contributed by atoms with E-state index in [-0.39, 0.29) is 9.79 Å². The van der Waals surface area contributed by atoms with Gasteiger partial charge in [-0.2, -0.15) is 4.72 Å². The number of hydrogen-bond acceptors (Lipinski definition) is 4. The van der Waals surface area contributed by atoms with Gasteiger partial charge in [-0.25, -0.2) is 16.8 Å².